The van der Waals surface area contributed by atoms with Crippen LogP contribution in [0.3, 0.4) is 0 Å². The molecule has 0 bridgehead atoms. The van der Waals surface area contributed by atoms with Gasteiger partial charge in [0.2, 0.25) is 5.91 Å². The summed E-state index contributed by atoms with van der Waals surface area (Å²) in [5, 5.41) is 3.01. The molecule has 1 aliphatic rings. The van der Waals surface area contributed by atoms with E-state index in [1.165, 1.54) is 32.1 Å². The molecule has 0 aliphatic carbocycles. The standard InChI is InChI=1S/C17H27N3O/c1-14(20-10-5-3-2-4-6-11-20)17(21)19-16-9-7-8-15(12-16)13-18/h7-9,12,14H,2-6,10-11,13,18H2,1H3,(H,19,21). The zero-order valence-corrected chi connectivity index (χ0v) is 13.0. The van der Waals surface area contributed by atoms with Crippen LogP contribution in [-0.2, 0) is 11.3 Å². The maximum Gasteiger partial charge on any atom is 0.241 e. The monoisotopic (exact) mass is 289 g/mol. The molecule has 116 valence electrons. The summed E-state index contributed by atoms with van der Waals surface area (Å²) in [6.45, 7) is 4.55. The molecule has 1 fully saturated rings. The van der Waals surface area contributed by atoms with E-state index in [0.29, 0.717) is 6.54 Å². The average Bonchev–Trinajstić information content (AvgIpc) is 2.46. The number of carbonyl (C=O) groups excluding carboxylic acids is 1. The topological polar surface area (TPSA) is 58.4 Å². The fourth-order valence-corrected chi connectivity index (χ4v) is 2.85. The summed E-state index contributed by atoms with van der Waals surface area (Å²) in [5.74, 6) is 0.0738. The molecule has 21 heavy (non-hydrogen) atoms. The highest BCUT2D eigenvalue weighted by atomic mass is 16.2. The molecular weight excluding hydrogens is 262 g/mol. The molecule has 1 aromatic carbocycles. The number of rotatable bonds is 4. The number of nitrogens with zero attached hydrogens (tertiary/aromatic N) is 1. The number of nitrogens with one attached hydrogen (secondary N) is 1. The molecule has 1 unspecified atom stereocenters. The highest BCUT2D eigenvalue weighted by Crippen LogP contribution is 2.15. The van der Waals surface area contributed by atoms with E-state index in [1.54, 1.807) is 0 Å². The molecule has 0 saturated carbocycles. The minimum atomic E-state index is -0.0790. The largest absolute Gasteiger partial charge is 0.326 e. The highest BCUT2D eigenvalue weighted by Gasteiger charge is 2.21. The molecule has 1 heterocycles. The Morgan fingerprint density at radius 3 is 2.57 bits per heavy atom. The first-order chi connectivity index (χ1) is 10.2. The maximum atomic E-state index is 12.4. The van der Waals surface area contributed by atoms with Gasteiger partial charge in [-0.3, -0.25) is 9.69 Å². The first-order valence-corrected chi connectivity index (χ1v) is 8.04. The zero-order chi connectivity index (χ0) is 15.1. The molecule has 3 N–H and O–H groups in total. The van der Waals surface area contributed by atoms with Crippen LogP contribution in [0.4, 0.5) is 5.69 Å². The number of amides is 1. The van der Waals surface area contributed by atoms with Crippen molar-refractivity contribution in [2.75, 3.05) is 18.4 Å². The van der Waals surface area contributed by atoms with Crippen LogP contribution < -0.4 is 11.1 Å². The van der Waals surface area contributed by atoms with Gasteiger partial charge in [-0.05, 0) is 50.6 Å². The smallest absolute Gasteiger partial charge is 0.241 e. The van der Waals surface area contributed by atoms with Gasteiger partial charge in [-0.25, -0.2) is 0 Å². The summed E-state index contributed by atoms with van der Waals surface area (Å²) in [6, 6.07) is 7.68. The van der Waals surface area contributed by atoms with E-state index in [9.17, 15) is 4.79 Å². The molecule has 2 rings (SSSR count). The van der Waals surface area contributed by atoms with Crippen LogP contribution in [0.2, 0.25) is 0 Å². The second-order valence-electron chi connectivity index (χ2n) is 5.87. The fourth-order valence-electron chi connectivity index (χ4n) is 2.85. The van der Waals surface area contributed by atoms with Crippen molar-refractivity contribution in [1.29, 1.82) is 0 Å². The normalized spacial score (nSPS) is 18.6. The maximum absolute atomic E-state index is 12.4. The number of carbonyl (C=O) groups is 1. The van der Waals surface area contributed by atoms with Crippen LogP contribution in [0.1, 0.15) is 44.6 Å². The Labute approximate surface area is 127 Å². The summed E-state index contributed by atoms with van der Waals surface area (Å²) in [7, 11) is 0. The van der Waals surface area contributed by atoms with Gasteiger partial charge in [-0.2, -0.15) is 0 Å². The Balaban J connectivity index is 1.94. The summed E-state index contributed by atoms with van der Waals surface area (Å²) in [5.41, 5.74) is 7.51. The molecule has 4 nitrogen and oxygen atoms in total. The lowest BCUT2D eigenvalue weighted by molar-refractivity contribution is -0.120. The molecule has 1 amide bonds. The molecule has 1 aromatic rings. The van der Waals surface area contributed by atoms with E-state index < -0.39 is 0 Å². The van der Waals surface area contributed by atoms with Gasteiger partial charge in [0.15, 0.2) is 0 Å². The predicted molar refractivity (Wildman–Crippen MR) is 87.1 cm³/mol. The first kappa shape index (κ1) is 16.0. The third-order valence-electron chi connectivity index (χ3n) is 4.25. The predicted octanol–water partition coefficient (Wildman–Crippen LogP) is 2.74. The van der Waals surface area contributed by atoms with Crippen LogP contribution in [0.5, 0.6) is 0 Å². The Hall–Kier alpha value is -1.39. The number of anilines is 1. The Kier molecular flexibility index (Phi) is 6.21. The Morgan fingerprint density at radius 1 is 1.24 bits per heavy atom. The minimum absolute atomic E-state index is 0.0738. The summed E-state index contributed by atoms with van der Waals surface area (Å²) < 4.78 is 0. The van der Waals surface area contributed by atoms with E-state index in [1.807, 2.05) is 31.2 Å². The van der Waals surface area contributed by atoms with Crippen LogP contribution in [0.15, 0.2) is 24.3 Å². The lowest BCUT2D eigenvalue weighted by Gasteiger charge is -2.29. The summed E-state index contributed by atoms with van der Waals surface area (Å²) in [6.07, 6.45) is 6.29. The van der Waals surface area contributed by atoms with Gasteiger partial charge >= 0.3 is 0 Å². The van der Waals surface area contributed by atoms with Gasteiger partial charge in [0.1, 0.15) is 0 Å². The molecule has 0 spiro atoms. The van der Waals surface area contributed by atoms with Crippen molar-refractivity contribution in [3.63, 3.8) is 0 Å². The molecular formula is C17H27N3O. The zero-order valence-electron chi connectivity index (χ0n) is 13.0. The van der Waals surface area contributed by atoms with E-state index in [-0.39, 0.29) is 11.9 Å². The molecule has 0 radical (unpaired) electrons. The van der Waals surface area contributed by atoms with Crippen molar-refractivity contribution < 1.29 is 4.79 Å². The van der Waals surface area contributed by atoms with E-state index in [0.717, 1.165) is 24.3 Å². The number of hydrogen-bond donors (Lipinski definition) is 2. The third kappa shape index (κ3) is 4.83. The van der Waals surface area contributed by atoms with Crippen molar-refractivity contribution in [2.45, 2.75) is 51.6 Å². The Morgan fingerprint density at radius 2 is 1.90 bits per heavy atom. The van der Waals surface area contributed by atoms with E-state index >= 15 is 0 Å². The number of likely N-dealkylation sites (tertiary alicyclic amines) is 1. The molecule has 4 heteroatoms. The molecule has 0 aromatic heterocycles. The molecule has 1 atom stereocenters. The van der Waals surface area contributed by atoms with E-state index in [2.05, 4.69) is 10.2 Å². The second kappa shape index (κ2) is 8.15. The lowest BCUT2D eigenvalue weighted by atomic mass is 10.1. The van der Waals surface area contributed by atoms with Crippen LogP contribution in [-0.4, -0.2) is 29.9 Å². The summed E-state index contributed by atoms with van der Waals surface area (Å²) >= 11 is 0. The van der Waals surface area contributed by atoms with Crippen molar-refractivity contribution in [3.8, 4) is 0 Å². The SMILES string of the molecule is CC(C(=O)Nc1cccc(CN)c1)N1CCCCCCC1. The molecule has 1 aliphatic heterocycles. The fraction of sp³-hybridized carbons (Fsp3) is 0.588. The third-order valence-corrected chi connectivity index (χ3v) is 4.25. The van der Waals surface area contributed by atoms with E-state index in [4.69, 9.17) is 5.73 Å². The minimum Gasteiger partial charge on any atom is -0.326 e. The van der Waals surface area contributed by atoms with Crippen molar-refractivity contribution in [1.82, 2.24) is 4.90 Å². The highest BCUT2D eigenvalue weighted by molar-refractivity contribution is 5.94. The second-order valence-corrected chi connectivity index (χ2v) is 5.87. The molecule has 1 saturated heterocycles. The van der Waals surface area contributed by atoms with Gasteiger partial charge in [0.05, 0.1) is 6.04 Å². The van der Waals surface area contributed by atoms with Crippen molar-refractivity contribution >= 4 is 11.6 Å². The number of benzene rings is 1. The van der Waals surface area contributed by atoms with Gasteiger partial charge in [-0.15, -0.1) is 0 Å². The average molecular weight is 289 g/mol. The summed E-state index contributed by atoms with van der Waals surface area (Å²) in [4.78, 5) is 14.7. The van der Waals surface area contributed by atoms with Crippen molar-refractivity contribution in [2.24, 2.45) is 5.73 Å². The van der Waals surface area contributed by atoms with Crippen molar-refractivity contribution in [3.05, 3.63) is 29.8 Å². The number of nitrogens with two attached hydrogens (primary N) is 1. The van der Waals surface area contributed by atoms with Gasteiger partial charge < -0.3 is 11.1 Å². The number of hydrogen-bond acceptors (Lipinski definition) is 3. The lowest BCUT2D eigenvalue weighted by Crippen LogP contribution is -2.43. The Bertz CT molecular complexity index is 453. The van der Waals surface area contributed by atoms with Gasteiger partial charge in [-0.1, -0.05) is 31.4 Å². The first-order valence-electron chi connectivity index (χ1n) is 8.04. The van der Waals surface area contributed by atoms with Gasteiger partial charge in [0.25, 0.3) is 0 Å². The van der Waals surface area contributed by atoms with Gasteiger partial charge in [0, 0.05) is 12.2 Å². The van der Waals surface area contributed by atoms with Crippen LogP contribution >= 0.6 is 0 Å². The quantitative estimate of drug-likeness (QED) is 0.896. The van der Waals surface area contributed by atoms with Crippen LogP contribution in [0, 0.1) is 0 Å². The van der Waals surface area contributed by atoms with Crippen LogP contribution in [0.25, 0.3) is 0 Å².